The highest BCUT2D eigenvalue weighted by Crippen LogP contribution is 2.36. The van der Waals surface area contributed by atoms with Crippen molar-refractivity contribution in [1.29, 1.82) is 0 Å². The summed E-state index contributed by atoms with van der Waals surface area (Å²) in [6.07, 6.45) is 1.65. The van der Waals surface area contributed by atoms with E-state index in [0.29, 0.717) is 11.4 Å². The molecule has 1 amide bonds. The van der Waals surface area contributed by atoms with Gasteiger partial charge in [-0.2, -0.15) is 0 Å². The predicted octanol–water partition coefficient (Wildman–Crippen LogP) is 4.66. The van der Waals surface area contributed by atoms with Crippen LogP contribution in [0, 0.1) is 12.7 Å². The average molecular weight is 386 g/mol. The van der Waals surface area contributed by atoms with Crippen LogP contribution in [0.4, 0.5) is 10.1 Å². The second kappa shape index (κ2) is 7.37. The molecule has 3 rings (SSSR count). The summed E-state index contributed by atoms with van der Waals surface area (Å²) in [6, 6.07) is 11.5. The molecule has 0 radical (unpaired) electrons. The smallest absolute Gasteiger partial charge is 0.340 e. The van der Waals surface area contributed by atoms with E-state index in [4.69, 9.17) is 16.3 Å². The molecule has 2 aromatic rings. The zero-order valence-electron chi connectivity index (χ0n) is 15.0. The number of halogens is 2. The number of allylic oxidation sites excluding steroid dienone is 1. The van der Waals surface area contributed by atoms with Gasteiger partial charge in [-0.05, 0) is 43.7 Å². The molecule has 0 saturated carbocycles. The molecule has 4 nitrogen and oxygen atoms in total. The van der Waals surface area contributed by atoms with Crippen LogP contribution in [-0.2, 0) is 14.3 Å². The Labute approximate surface area is 161 Å². The molecule has 0 fully saturated rings. The number of benzene rings is 2. The molecule has 0 aromatic heterocycles. The van der Waals surface area contributed by atoms with E-state index in [-0.39, 0.29) is 16.2 Å². The van der Waals surface area contributed by atoms with Gasteiger partial charge in [-0.1, -0.05) is 41.4 Å². The van der Waals surface area contributed by atoms with Crippen molar-refractivity contribution in [1.82, 2.24) is 0 Å². The summed E-state index contributed by atoms with van der Waals surface area (Å²) in [5.74, 6) is -1.61. The molecule has 1 aliphatic heterocycles. The lowest BCUT2D eigenvalue weighted by molar-refractivity contribution is -0.136. The van der Waals surface area contributed by atoms with Crippen molar-refractivity contribution in [2.75, 3.05) is 12.0 Å². The van der Waals surface area contributed by atoms with Gasteiger partial charge in [0.1, 0.15) is 5.82 Å². The van der Waals surface area contributed by atoms with Gasteiger partial charge in [0.2, 0.25) is 0 Å². The summed E-state index contributed by atoms with van der Waals surface area (Å²) in [4.78, 5) is 26.8. The van der Waals surface area contributed by atoms with Gasteiger partial charge in [-0.15, -0.1) is 0 Å². The number of ether oxygens (including phenoxy) is 1. The van der Waals surface area contributed by atoms with Gasteiger partial charge in [0, 0.05) is 5.70 Å². The van der Waals surface area contributed by atoms with E-state index in [1.807, 2.05) is 31.2 Å². The molecular weight excluding hydrogens is 369 g/mol. The van der Waals surface area contributed by atoms with Gasteiger partial charge in [0.05, 0.1) is 29.0 Å². The molecule has 1 heterocycles. The fraction of sp³-hybridized carbons (Fsp3) is 0.143. The first kappa shape index (κ1) is 18.9. The minimum Gasteiger partial charge on any atom is -0.465 e. The SMILES string of the molecule is COC(=O)C1=C(C)N(c2ccc(F)c(Cl)c2)C(=O)/C1=C\c1cccc(C)c1. The Kier molecular flexibility index (Phi) is 5.15. The van der Waals surface area contributed by atoms with Crippen LogP contribution in [0.15, 0.2) is 59.3 Å². The van der Waals surface area contributed by atoms with E-state index in [1.54, 1.807) is 13.0 Å². The van der Waals surface area contributed by atoms with E-state index >= 15 is 0 Å². The number of hydrogen-bond acceptors (Lipinski definition) is 3. The van der Waals surface area contributed by atoms with Crippen LogP contribution < -0.4 is 4.90 Å². The number of esters is 1. The van der Waals surface area contributed by atoms with Crippen molar-refractivity contribution < 1.29 is 18.7 Å². The standard InChI is InChI=1S/C21H17ClFNO3/c1-12-5-4-6-14(9-12)10-16-19(21(26)27-3)13(2)24(20(16)25)15-7-8-18(23)17(22)11-15/h4-11H,1-3H3/b16-10-. The average Bonchev–Trinajstić information content (AvgIpc) is 2.87. The Morgan fingerprint density at radius 3 is 2.56 bits per heavy atom. The van der Waals surface area contributed by atoms with Crippen molar-refractivity contribution in [3.8, 4) is 0 Å². The Morgan fingerprint density at radius 1 is 1.19 bits per heavy atom. The minimum atomic E-state index is -0.615. The monoisotopic (exact) mass is 385 g/mol. The highest BCUT2D eigenvalue weighted by molar-refractivity contribution is 6.31. The third-order valence-corrected chi connectivity index (χ3v) is 4.59. The third-order valence-electron chi connectivity index (χ3n) is 4.30. The molecule has 0 N–H and O–H groups in total. The Balaban J connectivity index is 2.15. The number of hydrogen-bond donors (Lipinski definition) is 0. The van der Waals surface area contributed by atoms with E-state index in [2.05, 4.69) is 0 Å². The number of amides is 1. The Hall–Kier alpha value is -2.92. The summed E-state index contributed by atoms with van der Waals surface area (Å²) >= 11 is 5.86. The maximum absolute atomic E-state index is 13.5. The lowest BCUT2D eigenvalue weighted by Gasteiger charge is -2.18. The molecule has 1 aliphatic rings. The normalized spacial score (nSPS) is 15.7. The second-order valence-corrected chi connectivity index (χ2v) is 6.57. The highest BCUT2D eigenvalue weighted by Gasteiger charge is 2.38. The van der Waals surface area contributed by atoms with E-state index in [0.717, 1.165) is 11.1 Å². The lowest BCUT2D eigenvalue weighted by atomic mass is 10.0. The Bertz CT molecular complexity index is 1010. The van der Waals surface area contributed by atoms with Crippen LogP contribution in [0.3, 0.4) is 0 Å². The third kappa shape index (κ3) is 3.51. The van der Waals surface area contributed by atoms with Gasteiger partial charge in [-0.3, -0.25) is 9.69 Å². The van der Waals surface area contributed by atoms with E-state index in [9.17, 15) is 14.0 Å². The van der Waals surface area contributed by atoms with Crippen molar-refractivity contribution in [3.63, 3.8) is 0 Å². The van der Waals surface area contributed by atoms with E-state index in [1.165, 1.54) is 30.2 Å². The second-order valence-electron chi connectivity index (χ2n) is 6.16. The molecule has 2 aromatic carbocycles. The van der Waals surface area contributed by atoms with Crippen LogP contribution in [-0.4, -0.2) is 19.0 Å². The molecule has 0 saturated heterocycles. The van der Waals surface area contributed by atoms with Crippen LogP contribution in [0.1, 0.15) is 18.1 Å². The summed E-state index contributed by atoms with van der Waals surface area (Å²) in [7, 11) is 1.26. The first-order valence-corrected chi connectivity index (χ1v) is 8.58. The number of carbonyl (C=O) groups is 2. The summed E-state index contributed by atoms with van der Waals surface area (Å²) < 4.78 is 18.4. The maximum Gasteiger partial charge on any atom is 0.340 e. The molecule has 138 valence electrons. The zero-order chi connectivity index (χ0) is 19.7. The molecule has 0 spiro atoms. The van der Waals surface area contributed by atoms with Crippen molar-refractivity contribution in [2.24, 2.45) is 0 Å². The number of methoxy groups -OCH3 is 1. The van der Waals surface area contributed by atoms with Gasteiger partial charge >= 0.3 is 5.97 Å². The molecule has 0 unspecified atom stereocenters. The molecule has 27 heavy (non-hydrogen) atoms. The number of nitrogens with zero attached hydrogens (tertiary/aromatic N) is 1. The number of rotatable bonds is 3. The first-order valence-electron chi connectivity index (χ1n) is 8.21. The first-order chi connectivity index (χ1) is 12.8. The summed E-state index contributed by atoms with van der Waals surface area (Å²) in [6.45, 7) is 3.58. The topological polar surface area (TPSA) is 46.6 Å². The highest BCUT2D eigenvalue weighted by atomic mass is 35.5. The van der Waals surface area contributed by atoms with Gasteiger partial charge in [-0.25, -0.2) is 9.18 Å². The fourth-order valence-corrected chi connectivity index (χ4v) is 3.22. The quantitative estimate of drug-likeness (QED) is 0.570. The van der Waals surface area contributed by atoms with Crippen LogP contribution in [0.25, 0.3) is 6.08 Å². The van der Waals surface area contributed by atoms with Gasteiger partial charge in [0.25, 0.3) is 5.91 Å². The molecular formula is C21H17ClFNO3. The zero-order valence-corrected chi connectivity index (χ0v) is 15.8. The molecule has 6 heteroatoms. The lowest BCUT2D eigenvalue weighted by Crippen LogP contribution is -2.24. The van der Waals surface area contributed by atoms with Crippen molar-refractivity contribution >= 4 is 35.2 Å². The van der Waals surface area contributed by atoms with Gasteiger partial charge < -0.3 is 4.74 Å². The maximum atomic E-state index is 13.5. The summed E-state index contributed by atoms with van der Waals surface area (Å²) in [5.41, 5.74) is 2.96. The number of anilines is 1. The van der Waals surface area contributed by atoms with Crippen LogP contribution >= 0.6 is 11.6 Å². The van der Waals surface area contributed by atoms with Crippen LogP contribution in [0.5, 0.6) is 0 Å². The van der Waals surface area contributed by atoms with Gasteiger partial charge in [0.15, 0.2) is 0 Å². The molecule has 0 atom stereocenters. The fourth-order valence-electron chi connectivity index (χ4n) is 3.04. The number of aryl methyl sites for hydroxylation is 1. The molecule has 0 bridgehead atoms. The largest absolute Gasteiger partial charge is 0.465 e. The molecule has 0 aliphatic carbocycles. The Morgan fingerprint density at radius 2 is 1.93 bits per heavy atom. The summed E-state index contributed by atoms with van der Waals surface area (Å²) in [5, 5.41) is -0.108. The van der Waals surface area contributed by atoms with Crippen molar-refractivity contribution in [2.45, 2.75) is 13.8 Å². The van der Waals surface area contributed by atoms with Crippen molar-refractivity contribution in [3.05, 3.63) is 81.3 Å². The minimum absolute atomic E-state index is 0.108. The predicted molar refractivity (Wildman–Crippen MR) is 103 cm³/mol. The number of carbonyl (C=O) groups excluding carboxylic acids is 2. The van der Waals surface area contributed by atoms with Crippen LogP contribution in [0.2, 0.25) is 5.02 Å². The van der Waals surface area contributed by atoms with E-state index < -0.39 is 17.7 Å².